The van der Waals surface area contributed by atoms with Crippen LogP contribution in [0.5, 0.6) is 0 Å². The first-order chi connectivity index (χ1) is 10.0. The van der Waals surface area contributed by atoms with Gasteiger partial charge in [-0.05, 0) is 37.3 Å². The molecule has 0 amide bonds. The number of hydrogen-bond acceptors (Lipinski definition) is 4. The number of aryl methyl sites for hydroxylation is 1. The van der Waals surface area contributed by atoms with Crippen molar-refractivity contribution in [3.05, 3.63) is 51.8 Å². The Morgan fingerprint density at radius 1 is 1.19 bits per heavy atom. The van der Waals surface area contributed by atoms with Crippen LogP contribution in [0.3, 0.4) is 0 Å². The van der Waals surface area contributed by atoms with Crippen LogP contribution in [-0.2, 0) is 16.6 Å². The number of sulfonamides is 1. The predicted octanol–water partition coefficient (Wildman–Crippen LogP) is 1.98. The van der Waals surface area contributed by atoms with Gasteiger partial charge >= 0.3 is 0 Å². The molecule has 0 fully saturated rings. The molecule has 0 bridgehead atoms. The van der Waals surface area contributed by atoms with E-state index in [0.29, 0.717) is 23.7 Å². The van der Waals surface area contributed by atoms with E-state index in [2.05, 4.69) is 4.72 Å². The molecule has 2 aromatic heterocycles. The molecule has 0 aromatic carbocycles. The zero-order chi connectivity index (χ0) is 15.3. The third-order valence-corrected chi connectivity index (χ3v) is 5.99. The van der Waals surface area contributed by atoms with E-state index >= 15 is 0 Å². The summed E-state index contributed by atoms with van der Waals surface area (Å²) < 4.78 is 28.4. The van der Waals surface area contributed by atoms with Crippen LogP contribution in [0, 0.1) is 6.92 Å². The summed E-state index contributed by atoms with van der Waals surface area (Å²) in [4.78, 5) is 11.7. The van der Waals surface area contributed by atoms with Crippen molar-refractivity contribution in [1.29, 1.82) is 0 Å². The van der Waals surface area contributed by atoms with E-state index in [1.165, 1.54) is 17.4 Å². The van der Waals surface area contributed by atoms with Crippen molar-refractivity contribution in [2.45, 2.75) is 30.5 Å². The van der Waals surface area contributed by atoms with Crippen molar-refractivity contribution in [3.8, 4) is 0 Å². The largest absolute Gasteiger partial charge is 0.313 e. The second kappa shape index (κ2) is 7.02. The van der Waals surface area contributed by atoms with E-state index < -0.39 is 10.0 Å². The Kier molecular flexibility index (Phi) is 5.33. The molecule has 2 rings (SSSR count). The number of aromatic nitrogens is 1. The summed E-state index contributed by atoms with van der Waals surface area (Å²) in [6.45, 7) is 2.87. The number of nitrogens with one attached hydrogen (secondary N) is 1. The summed E-state index contributed by atoms with van der Waals surface area (Å²) in [5.41, 5.74) is 0.899. The summed E-state index contributed by atoms with van der Waals surface area (Å²) in [5, 5.41) is 1.74. The fourth-order valence-corrected chi connectivity index (χ4v) is 4.11. The van der Waals surface area contributed by atoms with Gasteiger partial charge in [-0.15, -0.1) is 11.3 Å². The van der Waals surface area contributed by atoms with Gasteiger partial charge in [0.1, 0.15) is 4.21 Å². The summed E-state index contributed by atoms with van der Waals surface area (Å²) in [6.07, 6.45) is 1.43. The molecular formula is C14H18N2O3S2. The Hall–Kier alpha value is -1.44. The van der Waals surface area contributed by atoms with Crippen LogP contribution < -0.4 is 10.3 Å². The Morgan fingerprint density at radius 2 is 2.00 bits per heavy atom. The molecule has 0 aliphatic carbocycles. The van der Waals surface area contributed by atoms with E-state index in [0.717, 1.165) is 12.1 Å². The topological polar surface area (TPSA) is 68.2 Å². The van der Waals surface area contributed by atoms with E-state index in [1.54, 1.807) is 28.1 Å². The molecule has 0 aliphatic rings. The smallest absolute Gasteiger partial charge is 0.250 e. The second-order valence-electron chi connectivity index (χ2n) is 4.69. The molecule has 0 saturated heterocycles. The first-order valence-electron chi connectivity index (χ1n) is 6.70. The van der Waals surface area contributed by atoms with Crippen LogP contribution in [0.25, 0.3) is 0 Å². The van der Waals surface area contributed by atoms with Crippen LogP contribution in [0.15, 0.2) is 44.7 Å². The zero-order valence-corrected chi connectivity index (χ0v) is 13.4. The lowest BCUT2D eigenvalue weighted by atomic mass is 10.3. The third kappa shape index (κ3) is 4.26. The molecule has 2 heterocycles. The van der Waals surface area contributed by atoms with Gasteiger partial charge in [0.2, 0.25) is 10.0 Å². The summed E-state index contributed by atoms with van der Waals surface area (Å²) >= 11 is 1.20. The number of unbranched alkanes of at least 4 members (excludes halogenated alkanes) is 1. The van der Waals surface area contributed by atoms with Crippen LogP contribution >= 0.6 is 11.3 Å². The van der Waals surface area contributed by atoms with Gasteiger partial charge in [-0.1, -0.05) is 12.1 Å². The fraction of sp³-hybridized carbons (Fsp3) is 0.357. The molecule has 1 N–H and O–H groups in total. The maximum atomic E-state index is 11.9. The molecule has 7 heteroatoms. The van der Waals surface area contributed by atoms with Gasteiger partial charge in [-0.25, -0.2) is 13.1 Å². The molecule has 2 aromatic rings. The summed E-state index contributed by atoms with van der Waals surface area (Å²) in [5.74, 6) is 0. The molecule has 0 atom stereocenters. The quantitative estimate of drug-likeness (QED) is 0.791. The Morgan fingerprint density at radius 3 is 2.67 bits per heavy atom. The highest BCUT2D eigenvalue weighted by Gasteiger charge is 2.13. The van der Waals surface area contributed by atoms with Gasteiger partial charge in [0, 0.05) is 24.8 Å². The minimum Gasteiger partial charge on any atom is -0.313 e. The van der Waals surface area contributed by atoms with Gasteiger partial charge < -0.3 is 4.57 Å². The van der Waals surface area contributed by atoms with E-state index in [4.69, 9.17) is 0 Å². The lowest BCUT2D eigenvalue weighted by molar-refractivity contribution is 0.558. The van der Waals surface area contributed by atoms with Crippen molar-refractivity contribution >= 4 is 21.4 Å². The molecule has 0 aliphatic heterocycles. The molecule has 5 nitrogen and oxygen atoms in total. The van der Waals surface area contributed by atoms with Crippen molar-refractivity contribution in [3.63, 3.8) is 0 Å². The van der Waals surface area contributed by atoms with E-state index in [-0.39, 0.29) is 5.56 Å². The van der Waals surface area contributed by atoms with Crippen LogP contribution in [0.2, 0.25) is 0 Å². The molecule has 0 saturated carbocycles. The molecular weight excluding hydrogens is 308 g/mol. The van der Waals surface area contributed by atoms with Crippen LogP contribution in [0.4, 0.5) is 0 Å². The standard InChI is InChI=1S/C14H18N2O3S2/c1-12-6-4-7-13(17)16(12)10-3-2-9-15-21(18,19)14-8-5-11-20-14/h4-8,11,15H,2-3,9-10H2,1H3. The molecule has 0 unspecified atom stereocenters. The average molecular weight is 326 g/mol. The number of hydrogen-bond donors (Lipinski definition) is 1. The average Bonchev–Trinajstić information content (AvgIpc) is 2.96. The molecule has 21 heavy (non-hydrogen) atoms. The lowest BCUT2D eigenvalue weighted by Crippen LogP contribution is -2.25. The molecule has 114 valence electrons. The SMILES string of the molecule is Cc1cccc(=O)n1CCCCNS(=O)(=O)c1cccs1. The minimum atomic E-state index is -3.38. The Bertz CT molecular complexity index is 734. The van der Waals surface area contributed by atoms with Crippen LogP contribution in [0.1, 0.15) is 18.5 Å². The van der Waals surface area contributed by atoms with E-state index in [9.17, 15) is 13.2 Å². The van der Waals surface area contributed by atoms with Crippen molar-refractivity contribution in [2.24, 2.45) is 0 Å². The van der Waals surface area contributed by atoms with E-state index in [1.807, 2.05) is 13.0 Å². The molecule has 0 spiro atoms. The number of pyridine rings is 1. The highest BCUT2D eigenvalue weighted by atomic mass is 32.2. The van der Waals surface area contributed by atoms with Gasteiger partial charge in [0.25, 0.3) is 5.56 Å². The number of thiophene rings is 1. The maximum absolute atomic E-state index is 11.9. The first kappa shape index (κ1) is 15.9. The van der Waals surface area contributed by atoms with Crippen molar-refractivity contribution in [1.82, 2.24) is 9.29 Å². The predicted molar refractivity (Wildman–Crippen MR) is 84.2 cm³/mol. The lowest BCUT2D eigenvalue weighted by Gasteiger charge is -2.09. The van der Waals surface area contributed by atoms with Crippen molar-refractivity contribution < 1.29 is 8.42 Å². The monoisotopic (exact) mass is 326 g/mol. The Labute approximate surface area is 128 Å². The Balaban J connectivity index is 1.80. The number of rotatable bonds is 7. The zero-order valence-electron chi connectivity index (χ0n) is 11.8. The highest BCUT2D eigenvalue weighted by molar-refractivity contribution is 7.91. The third-order valence-electron chi connectivity index (χ3n) is 3.13. The second-order valence-corrected chi connectivity index (χ2v) is 7.64. The van der Waals surface area contributed by atoms with Gasteiger partial charge in [-0.2, -0.15) is 0 Å². The normalized spacial score (nSPS) is 11.7. The fourth-order valence-electron chi connectivity index (χ4n) is 2.00. The summed E-state index contributed by atoms with van der Waals surface area (Å²) in [6, 6.07) is 8.46. The first-order valence-corrected chi connectivity index (χ1v) is 9.06. The van der Waals surface area contributed by atoms with Gasteiger partial charge in [-0.3, -0.25) is 4.79 Å². The van der Waals surface area contributed by atoms with Gasteiger partial charge in [0.05, 0.1) is 0 Å². The maximum Gasteiger partial charge on any atom is 0.250 e. The van der Waals surface area contributed by atoms with Gasteiger partial charge in [0.15, 0.2) is 0 Å². The number of nitrogens with zero attached hydrogens (tertiary/aromatic N) is 1. The molecule has 0 radical (unpaired) electrons. The highest BCUT2D eigenvalue weighted by Crippen LogP contribution is 2.15. The summed E-state index contributed by atoms with van der Waals surface area (Å²) in [7, 11) is -3.38. The minimum absolute atomic E-state index is 0.0193. The van der Waals surface area contributed by atoms with Crippen molar-refractivity contribution in [2.75, 3.05) is 6.54 Å². The van der Waals surface area contributed by atoms with Crippen LogP contribution in [-0.4, -0.2) is 19.5 Å².